The lowest BCUT2D eigenvalue weighted by Gasteiger charge is -2.26. The fourth-order valence-corrected chi connectivity index (χ4v) is 3.50. The molecule has 0 N–H and O–H groups in total. The highest BCUT2D eigenvalue weighted by molar-refractivity contribution is 6.32. The van der Waals surface area contributed by atoms with Crippen molar-refractivity contribution < 1.29 is 9.53 Å². The van der Waals surface area contributed by atoms with Crippen LogP contribution in [0.3, 0.4) is 0 Å². The Morgan fingerprint density at radius 3 is 2.61 bits per heavy atom. The molecule has 1 saturated heterocycles. The molecule has 0 aromatic heterocycles. The number of ether oxygens (including phenoxy) is 1. The molecule has 1 heterocycles. The first-order chi connectivity index (χ1) is 13.5. The van der Waals surface area contributed by atoms with E-state index in [1.165, 1.54) is 0 Å². The van der Waals surface area contributed by atoms with Gasteiger partial charge < -0.3 is 14.5 Å². The zero-order valence-electron chi connectivity index (χ0n) is 16.2. The van der Waals surface area contributed by atoms with E-state index in [-0.39, 0.29) is 5.91 Å². The number of anilines is 1. The third-order valence-corrected chi connectivity index (χ3v) is 5.22. The van der Waals surface area contributed by atoms with E-state index in [4.69, 9.17) is 21.6 Å². The van der Waals surface area contributed by atoms with Crippen molar-refractivity contribution in [2.24, 2.45) is 0 Å². The van der Waals surface area contributed by atoms with Gasteiger partial charge in [0, 0.05) is 31.9 Å². The van der Waals surface area contributed by atoms with Crippen molar-refractivity contribution in [3.05, 3.63) is 58.6 Å². The molecule has 146 valence electrons. The quantitative estimate of drug-likeness (QED) is 0.781. The lowest BCUT2D eigenvalue weighted by molar-refractivity contribution is -0.137. The van der Waals surface area contributed by atoms with E-state index in [0.29, 0.717) is 29.4 Å². The third-order valence-electron chi connectivity index (χ3n) is 4.91. The van der Waals surface area contributed by atoms with E-state index in [9.17, 15) is 4.79 Å². The molecule has 1 fully saturated rings. The zero-order chi connectivity index (χ0) is 20.1. The molecule has 1 aliphatic heterocycles. The smallest absolute Gasteiger partial charge is 0.263 e. The van der Waals surface area contributed by atoms with Crippen molar-refractivity contribution in [1.82, 2.24) is 4.90 Å². The molecule has 0 spiro atoms. The normalized spacial score (nSPS) is 15.5. The van der Waals surface area contributed by atoms with Crippen LogP contribution in [0.5, 0.6) is 5.75 Å². The monoisotopic (exact) mass is 397 g/mol. The Morgan fingerprint density at radius 1 is 1.14 bits per heavy atom. The number of benzene rings is 2. The summed E-state index contributed by atoms with van der Waals surface area (Å²) in [5.41, 5.74) is 2.76. The van der Waals surface area contributed by atoms with Gasteiger partial charge in [0.25, 0.3) is 5.91 Å². The van der Waals surface area contributed by atoms with Gasteiger partial charge in [0.2, 0.25) is 0 Å². The van der Waals surface area contributed by atoms with Crippen LogP contribution in [0.25, 0.3) is 0 Å². The average Bonchev–Trinajstić information content (AvgIpc) is 2.96. The van der Waals surface area contributed by atoms with Crippen LogP contribution in [-0.4, -0.2) is 43.1 Å². The third kappa shape index (κ3) is 4.76. The Hall–Kier alpha value is -2.71. The standard InChI is InChI=1S/C22H24ClN3O2/c1-16-4-9-20(23)21(14-16)28-17(2)22(27)26-11-3-10-25(12-13-26)19-7-5-18(15-24)6-8-19/h4-9,14,17H,3,10-13H2,1-2H3. The lowest BCUT2D eigenvalue weighted by Crippen LogP contribution is -2.42. The van der Waals surface area contributed by atoms with Crippen LogP contribution < -0.4 is 9.64 Å². The molecule has 28 heavy (non-hydrogen) atoms. The highest BCUT2D eigenvalue weighted by Gasteiger charge is 2.25. The molecule has 1 unspecified atom stereocenters. The van der Waals surface area contributed by atoms with E-state index in [1.807, 2.05) is 48.2 Å². The van der Waals surface area contributed by atoms with Crippen LogP contribution in [0.2, 0.25) is 5.02 Å². The van der Waals surface area contributed by atoms with Gasteiger partial charge in [0.15, 0.2) is 6.10 Å². The Bertz CT molecular complexity index is 876. The maximum atomic E-state index is 12.9. The van der Waals surface area contributed by atoms with Crippen molar-refractivity contribution in [3.8, 4) is 11.8 Å². The SMILES string of the molecule is Cc1ccc(Cl)c(OC(C)C(=O)N2CCCN(c3ccc(C#N)cc3)CC2)c1. The van der Waals surface area contributed by atoms with Crippen molar-refractivity contribution in [1.29, 1.82) is 5.26 Å². The van der Waals surface area contributed by atoms with Crippen LogP contribution >= 0.6 is 11.6 Å². The van der Waals surface area contributed by atoms with Crippen LogP contribution in [0.15, 0.2) is 42.5 Å². The summed E-state index contributed by atoms with van der Waals surface area (Å²) >= 11 is 6.19. The van der Waals surface area contributed by atoms with E-state index < -0.39 is 6.10 Å². The summed E-state index contributed by atoms with van der Waals surface area (Å²) in [6.07, 6.45) is 0.282. The Morgan fingerprint density at radius 2 is 1.89 bits per heavy atom. The van der Waals surface area contributed by atoms with Gasteiger partial charge >= 0.3 is 0 Å². The number of rotatable bonds is 4. The van der Waals surface area contributed by atoms with Crippen molar-refractivity contribution in [3.63, 3.8) is 0 Å². The van der Waals surface area contributed by atoms with Crippen molar-refractivity contribution >= 4 is 23.2 Å². The molecule has 0 bridgehead atoms. The molecule has 3 rings (SSSR count). The number of carbonyl (C=O) groups excluding carboxylic acids is 1. The van der Waals surface area contributed by atoms with Crippen molar-refractivity contribution in [2.75, 3.05) is 31.1 Å². The predicted octanol–water partition coefficient (Wildman–Crippen LogP) is 4.03. The predicted molar refractivity (Wildman–Crippen MR) is 111 cm³/mol. The number of halogens is 1. The molecule has 2 aromatic carbocycles. The first-order valence-electron chi connectivity index (χ1n) is 9.44. The Balaban J connectivity index is 1.61. The van der Waals surface area contributed by atoms with Gasteiger partial charge in [-0.2, -0.15) is 5.26 Å². The largest absolute Gasteiger partial charge is 0.479 e. The summed E-state index contributed by atoms with van der Waals surface area (Å²) < 4.78 is 5.85. The summed E-state index contributed by atoms with van der Waals surface area (Å²) in [6.45, 7) is 6.67. The molecule has 0 radical (unpaired) electrons. The fraction of sp³-hybridized carbons (Fsp3) is 0.364. The number of nitrogens with zero attached hydrogens (tertiary/aromatic N) is 3. The molecule has 5 nitrogen and oxygen atoms in total. The molecule has 1 aliphatic rings. The second kappa shape index (κ2) is 8.99. The van der Waals surface area contributed by atoms with Crippen LogP contribution in [0.1, 0.15) is 24.5 Å². The molecular formula is C22H24ClN3O2. The summed E-state index contributed by atoms with van der Waals surface area (Å²) in [7, 11) is 0. The average molecular weight is 398 g/mol. The maximum Gasteiger partial charge on any atom is 0.263 e. The van der Waals surface area contributed by atoms with Crippen LogP contribution in [0.4, 0.5) is 5.69 Å². The Kier molecular flexibility index (Phi) is 6.43. The number of nitriles is 1. The highest BCUT2D eigenvalue weighted by atomic mass is 35.5. The summed E-state index contributed by atoms with van der Waals surface area (Å²) in [4.78, 5) is 17.0. The van der Waals surface area contributed by atoms with Gasteiger partial charge in [-0.1, -0.05) is 17.7 Å². The van der Waals surface area contributed by atoms with Crippen LogP contribution in [0, 0.1) is 18.3 Å². The lowest BCUT2D eigenvalue weighted by atomic mass is 10.2. The van der Waals surface area contributed by atoms with Gasteiger partial charge in [0.05, 0.1) is 16.7 Å². The topological polar surface area (TPSA) is 56.6 Å². The minimum atomic E-state index is -0.597. The first-order valence-corrected chi connectivity index (χ1v) is 9.82. The van der Waals surface area contributed by atoms with Gasteiger partial charge in [-0.25, -0.2) is 0 Å². The number of amides is 1. The second-order valence-electron chi connectivity index (χ2n) is 7.02. The first kappa shape index (κ1) is 20.0. The fourth-order valence-electron chi connectivity index (χ4n) is 3.34. The number of aryl methyl sites for hydroxylation is 1. The molecule has 1 amide bonds. The zero-order valence-corrected chi connectivity index (χ0v) is 16.9. The van der Waals surface area contributed by atoms with Gasteiger partial charge in [-0.15, -0.1) is 0 Å². The van der Waals surface area contributed by atoms with E-state index in [1.54, 1.807) is 13.0 Å². The number of carbonyl (C=O) groups is 1. The van der Waals surface area contributed by atoms with Crippen LogP contribution in [-0.2, 0) is 4.79 Å². The molecule has 6 heteroatoms. The van der Waals surface area contributed by atoms with E-state index in [0.717, 1.165) is 30.8 Å². The van der Waals surface area contributed by atoms with Crippen molar-refractivity contribution in [2.45, 2.75) is 26.4 Å². The molecule has 1 atom stereocenters. The molecule has 0 aliphatic carbocycles. The molecular weight excluding hydrogens is 374 g/mol. The Labute approximate surface area is 171 Å². The van der Waals surface area contributed by atoms with Gasteiger partial charge in [0.1, 0.15) is 5.75 Å². The minimum Gasteiger partial charge on any atom is -0.479 e. The summed E-state index contributed by atoms with van der Waals surface area (Å²) in [6, 6.07) is 15.2. The van der Waals surface area contributed by atoms with E-state index in [2.05, 4.69) is 11.0 Å². The molecule has 2 aromatic rings. The van der Waals surface area contributed by atoms with E-state index >= 15 is 0 Å². The number of hydrogen-bond donors (Lipinski definition) is 0. The maximum absolute atomic E-state index is 12.9. The highest BCUT2D eigenvalue weighted by Crippen LogP contribution is 2.26. The number of hydrogen-bond acceptors (Lipinski definition) is 4. The van der Waals surface area contributed by atoms with Gasteiger partial charge in [-0.05, 0) is 62.2 Å². The molecule has 0 saturated carbocycles. The second-order valence-corrected chi connectivity index (χ2v) is 7.43. The minimum absolute atomic E-state index is 0.0285. The van der Waals surface area contributed by atoms with Gasteiger partial charge in [-0.3, -0.25) is 4.79 Å². The summed E-state index contributed by atoms with van der Waals surface area (Å²) in [5, 5.41) is 9.45. The summed E-state index contributed by atoms with van der Waals surface area (Å²) in [5.74, 6) is 0.510.